The van der Waals surface area contributed by atoms with Gasteiger partial charge in [-0.2, -0.15) is 4.31 Å². The van der Waals surface area contributed by atoms with E-state index in [1.165, 1.54) is 22.5 Å². The Hall–Kier alpha value is -2.39. The summed E-state index contributed by atoms with van der Waals surface area (Å²) in [5, 5.41) is 3.96. The number of nitrogens with one attached hydrogen (secondary N) is 1. The van der Waals surface area contributed by atoms with Crippen molar-refractivity contribution in [2.75, 3.05) is 25.0 Å². The van der Waals surface area contributed by atoms with Crippen molar-refractivity contribution in [3.05, 3.63) is 58.7 Å². The van der Waals surface area contributed by atoms with Gasteiger partial charge >= 0.3 is 0 Å². The first-order valence-corrected chi connectivity index (χ1v) is 11.7. The molecule has 3 aromatic rings. The molecule has 1 aromatic heterocycles. The molecule has 0 saturated carbocycles. The number of pyridine rings is 1. The minimum Gasteiger partial charge on any atom is -0.481 e. The van der Waals surface area contributed by atoms with Crippen molar-refractivity contribution in [3.63, 3.8) is 0 Å². The molecule has 0 atom stereocenters. The molecule has 7 nitrogen and oxygen atoms in total. The molecular formula is C21H21Cl2N3O4S. The number of nitrogens with zero attached hydrogens (tertiary/aromatic N) is 2. The van der Waals surface area contributed by atoms with E-state index < -0.39 is 15.9 Å². The molecule has 0 saturated heterocycles. The second-order valence-electron chi connectivity index (χ2n) is 6.52. The normalized spacial score (nSPS) is 11.6. The summed E-state index contributed by atoms with van der Waals surface area (Å²) in [6.07, 6.45) is 1.61. The van der Waals surface area contributed by atoms with E-state index >= 15 is 0 Å². The topological polar surface area (TPSA) is 88.6 Å². The first-order chi connectivity index (χ1) is 14.8. The minimum absolute atomic E-state index is 0.0653. The molecular weight excluding hydrogens is 461 g/mol. The molecule has 0 radical (unpaired) electrons. The van der Waals surface area contributed by atoms with Crippen LogP contribution >= 0.6 is 23.2 Å². The number of hydrogen-bond acceptors (Lipinski definition) is 5. The highest BCUT2D eigenvalue weighted by Crippen LogP contribution is 2.30. The summed E-state index contributed by atoms with van der Waals surface area (Å²) >= 11 is 12.3. The number of ether oxygens (including phenoxy) is 1. The van der Waals surface area contributed by atoms with E-state index in [9.17, 15) is 13.2 Å². The molecule has 0 aliphatic carbocycles. The number of hydrogen-bond donors (Lipinski definition) is 1. The van der Waals surface area contributed by atoms with Crippen molar-refractivity contribution in [1.29, 1.82) is 0 Å². The molecule has 0 bridgehead atoms. The van der Waals surface area contributed by atoms with Gasteiger partial charge in [0.15, 0.2) is 6.61 Å². The number of carbonyl (C=O) groups is 1. The molecule has 0 aliphatic rings. The summed E-state index contributed by atoms with van der Waals surface area (Å²) in [7, 11) is -3.78. The largest absolute Gasteiger partial charge is 0.481 e. The average Bonchev–Trinajstić information content (AvgIpc) is 2.75. The number of anilines is 1. The maximum Gasteiger partial charge on any atom is 0.262 e. The monoisotopic (exact) mass is 481 g/mol. The third-order valence-corrected chi connectivity index (χ3v) is 7.44. The summed E-state index contributed by atoms with van der Waals surface area (Å²) in [6.45, 7) is 3.81. The highest BCUT2D eigenvalue weighted by Gasteiger charge is 2.25. The van der Waals surface area contributed by atoms with Gasteiger partial charge in [0.05, 0.1) is 10.0 Å². The summed E-state index contributed by atoms with van der Waals surface area (Å²) in [5.74, 6) is -0.0522. The van der Waals surface area contributed by atoms with Crippen LogP contribution in [0.4, 0.5) is 5.69 Å². The van der Waals surface area contributed by atoms with Crippen LogP contribution in [0.1, 0.15) is 13.8 Å². The van der Waals surface area contributed by atoms with E-state index in [4.69, 9.17) is 27.9 Å². The van der Waals surface area contributed by atoms with Gasteiger partial charge in [-0.1, -0.05) is 37.0 Å². The number of rotatable bonds is 8. The summed E-state index contributed by atoms with van der Waals surface area (Å²) in [4.78, 5) is 16.6. The lowest BCUT2D eigenvalue weighted by Gasteiger charge is -2.19. The number of sulfonamides is 1. The zero-order valence-corrected chi connectivity index (χ0v) is 19.3. The molecule has 10 heteroatoms. The van der Waals surface area contributed by atoms with E-state index in [1.54, 1.807) is 38.2 Å². The van der Waals surface area contributed by atoms with Gasteiger partial charge in [0.1, 0.15) is 16.2 Å². The molecule has 0 aliphatic heterocycles. The Morgan fingerprint density at radius 2 is 1.81 bits per heavy atom. The van der Waals surface area contributed by atoms with Crippen LogP contribution in [0.5, 0.6) is 5.75 Å². The van der Waals surface area contributed by atoms with Gasteiger partial charge in [0.2, 0.25) is 10.0 Å². The van der Waals surface area contributed by atoms with E-state index in [0.29, 0.717) is 40.5 Å². The molecule has 1 amide bonds. The van der Waals surface area contributed by atoms with Crippen LogP contribution in [0, 0.1) is 0 Å². The highest BCUT2D eigenvalue weighted by molar-refractivity contribution is 7.89. The molecule has 2 aromatic carbocycles. The van der Waals surface area contributed by atoms with Gasteiger partial charge in [-0.15, -0.1) is 0 Å². The van der Waals surface area contributed by atoms with Crippen LogP contribution < -0.4 is 10.1 Å². The molecule has 31 heavy (non-hydrogen) atoms. The van der Waals surface area contributed by atoms with Crippen LogP contribution in [0.2, 0.25) is 10.0 Å². The van der Waals surface area contributed by atoms with E-state index in [1.807, 2.05) is 6.07 Å². The van der Waals surface area contributed by atoms with Crippen molar-refractivity contribution >= 4 is 55.7 Å². The minimum atomic E-state index is -3.78. The average molecular weight is 482 g/mol. The summed E-state index contributed by atoms with van der Waals surface area (Å²) in [5.41, 5.74) is 0.838. The smallest absolute Gasteiger partial charge is 0.262 e. The Morgan fingerprint density at radius 3 is 2.52 bits per heavy atom. The van der Waals surface area contributed by atoms with Gasteiger partial charge in [-0.3, -0.25) is 9.78 Å². The molecule has 164 valence electrons. The second kappa shape index (κ2) is 9.82. The maximum atomic E-state index is 12.8. The molecule has 1 heterocycles. The number of carbonyl (C=O) groups excluding carboxylic acids is 1. The molecule has 0 unspecified atom stereocenters. The van der Waals surface area contributed by atoms with E-state index in [-0.39, 0.29) is 16.5 Å². The van der Waals surface area contributed by atoms with Gasteiger partial charge in [0.25, 0.3) is 5.91 Å². The van der Waals surface area contributed by atoms with Crippen molar-refractivity contribution < 1.29 is 17.9 Å². The Bertz CT molecular complexity index is 1210. The molecule has 0 spiro atoms. The lowest BCUT2D eigenvalue weighted by Crippen LogP contribution is -2.31. The van der Waals surface area contributed by atoms with E-state index in [0.717, 1.165) is 0 Å². The second-order valence-corrected chi connectivity index (χ2v) is 9.24. The Balaban J connectivity index is 1.76. The number of aromatic nitrogens is 1. The van der Waals surface area contributed by atoms with Gasteiger partial charge in [-0.05, 0) is 42.5 Å². The number of amides is 1. The third-order valence-electron chi connectivity index (χ3n) is 4.58. The Labute approximate surface area is 191 Å². The lowest BCUT2D eigenvalue weighted by molar-refractivity contribution is -0.118. The van der Waals surface area contributed by atoms with Crippen molar-refractivity contribution in [2.24, 2.45) is 0 Å². The van der Waals surface area contributed by atoms with Crippen molar-refractivity contribution in [3.8, 4) is 5.75 Å². The van der Waals surface area contributed by atoms with Crippen LogP contribution in [0.25, 0.3) is 10.9 Å². The SMILES string of the molecule is CCN(CC)S(=O)(=O)c1cc(NC(=O)COc2ccc(Cl)c3cccnc23)ccc1Cl. The Morgan fingerprint density at radius 1 is 1.10 bits per heavy atom. The van der Waals surface area contributed by atoms with Gasteiger partial charge < -0.3 is 10.1 Å². The van der Waals surface area contributed by atoms with E-state index in [2.05, 4.69) is 10.3 Å². The number of fused-ring (bicyclic) bond motifs is 1. The quantitative estimate of drug-likeness (QED) is 0.508. The summed E-state index contributed by atoms with van der Waals surface area (Å²) in [6, 6.07) is 11.2. The Kier molecular flexibility index (Phi) is 7.38. The van der Waals surface area contributed by atoms with Gasteiger partial charge in [0, 0.05) is 30.4 Å². The van der Waals surface area contributed by atoms with Gasteiger partial charge in [-0.25, -0.2) is 8.42 Å². The van der Waals surface area contributed by atoms with Crippen LogP contribution in [-0.2, 0) is 14.8 Å². The molecule has 3 rings (SSSR count). The number of benzene rings is 2. The van der Waals surface area contributed by atoms with Crippen LogP contribution in [-0.4, -0.2) is 43.3 Å². The zero-order chi connectivity index (χ0) is 22.6. The lowest BCUT2D eigenvalue weighted by atomic mass is 10.2. The fourth-order valence-corrected chi connectivity index (χ4v) is 5.22. The first kappa shape index (κ1) is 23.3. The van der Waals surface area contributed by atoms with Crippen LogP contribution in [0.3, 0.4) is 0 Å². The fraction of sp³-hybridized carbons (Fsp3) is 0.238. The predicted octanol–water partition coefficient (Wildman–Crippen LogP) is 4.59. The summed E-state index contributed by atoms with van der Waals surface area (Å²) < 4.78 is 32.5. The first-order valence-electron chi connectivity index (χ1n) is 9.53. The van der Waals surface area contributed by atoms with Crippen molar-refractivity contribution in [1.82, 2.24) is 9.29 Å². The molecule has 0 fully saturated rings. The fourth-order valence-electron chi connectivity index (χ4n) is 3.05. The number of halogens is 2. The maximum absolute atomic E-state index is 12.8. The standard InChI is InChI=1S/C21H21Cl2N3O4S/c1-3-26(4-2)31(28,29)19-12-14(7-8-17(19)23)25-20(27)13-30-18-10-9-16(22)15-6-5-11-24-21(15)18/h5-12H,3-4,13H2,1-2H3,(H,25,27). The third kappa shape index (κ3) is 5.10. The van der Waals surface area contributed by atoms with Crippen molar-refractivity contribution in [2.45, 2.75) is 18.7 Å². The van der Waals surface area contributed by atoms with Crippen LogP contribution in [0.15, 0.2) is 53.6 Å². The zero-order valence-electron chi connectivity index (χ0n) is 16.9. The predicted molar refractivity (Wildman–Crippen MR) is 122 cm³/mol. The molecule has 1 N–H and O–H groups in total. The highest BCUT2D eigenvalue weighted by atomic mass is 35.5.